The van der Waals surface area contributed by atoms with Gasteiger partial charge in [-0.25, -0.2) is 4.98 Å². The molecule has 3 aromatic rings. The number of nitrogens with zero attached hydrogens (tertiary/aromatic N) is 1. The Labute approximate surface area is 158 Å². The molecule has 28 heavy (non-hydrogen) atoms. The minimum atomic E-state index is -4.48. The normalized spacial score (nSPS) is 11.1. The summed E-state index contributed by atoms with van der Waals surface area (Å²) in [7, 11) is 0. The number of benzene rings is 2. The molecule has 0 atom stereocenters. The molecule has 0 saturated carbocycles. The summed E-state index contributed by atoms with van der Waals surface area (Å²) in [5.41, 5.74) is 0.0113. The van der Waals surface area contributed by atoms with Crippen molar-refractivity contribution in [2.24, 2.45) is 0 Å². The standard InChI is InChI=1S/C20H15F3N2O3/c21-20(22,23)15-4-1-5-17(11-15)28-19-14(3-2-10-24-19)12-25-18(27)13-6-8-16(26)9-7-13/h1-11,26H,12H2,(H,25,27). The SMILES string of the molecule is O=C(NCc1cccnc1Oc1cccc(C(F)(F)F)c1)c1ccc(O)cc1. The Hall–Kier alpha value is -3.55. The number of amides is 1. The maximum Gasteiger partial charge on any atom is 0.416 e. The minimum Gasteiger partial charge on any atom is -0.508 e. The molecule has 0 aliphatic carbocycles. The third-order valence-corrected chi connectivity index (χ3v) is 3.79. The molecule has 2 aromatic carbocycles. The van der Waals surface area contributed by atoms with Crippen LogP contribution in [-0.2, 0) is 12.7 Å². The van der Waals surface area contributed by atoms with Gasteiger partial charge >= 0.3 is 6.18 Å². The highest BCUT2D eigenvalue weighted by atomic mass is 19.4. The summed E-state index contributed by atoms with van der Waals surface area (Å²) >= 11 is 0. The Morgan fingerprint density at radius 3 is 2.54 bits per heavy atom. The molecule has 2 N–H and O–H groups in total. The Morgan fingerprint density at radius 2 is 1.82 bits per heavy atom. The van der Waals surface area contributed by atoms with Gasteiger partial charge in [-0.3, -0.25) is 4.79 Å². The molecule has 8 heteroatoms. The maximum absolute atomic E-state index is 12.8. The van der Waals surface area contributed by atoms with Crippen molar-refractivity contribution < 1.29 is 27.8 Å². The molecule has 0 aliphatic heterocycles. The number of halogens is 3. The summed E-state index contributed by atoms with van der Waals surface area (Å²) < 4.78 is 44.0. The Balaban J connectivity index is 1.73. The summed E-state index contributed by atoms with van der Waals surface area (Å²) in [4.78, 5) is 16.2. The first-order chi connectivity index (χ1) is 13.3. The van der Waals surface area contributed by atoms with Crippen LogP contribution in [0, 0.1) is 0 Å². The van der Waals surface area contributed by atoms with Crippen molar-refractivity contribution in [1.82, 2.24) is 10.3 Å². The Kier molecular flexibility index (Phi) is 5.49. The van der Waals surface area contributed by atoms with Crippen molar-refractivity contribution in [2.45, 2.75) is 12.7 Å². The number of carbonyl (C=O) groups is 1. The predicted octanol–water partition coefficient (Wildman–Crippen LogP) is 4.53. The third kappa shape index (κ3) is 4.79. The van der Waals surface area contributed by atoms with E-state index in [1.54, 1.807) is 12.1 Å². The molecule has 0 unspecified atom stereocenters. The number of alkyl halides is 3. The van der Waals surface area contributed by atoms with Gasteiger partial charge in [-0.15, -0.1) is 0 Å². The van der Waals surface area contributed by atoms with E-state index in [9.17, 15) is 23.1 Å². The number of ether oxygens (including phenoxy) is 1. The van der Waals surface area contributed by atoms with Gasteiger partial charge in [-0.1, -0.05) is 12.1 Å². The third-order valence-electron chi connectivity index (χ3n) is 3.79. The van der Waals surface area contributed by atoms with Crippen LogP contribution < -0.4 is 10.1 Å². The van der Waals surface area contributed by atoms with E-state index in [1.165, 1.54) is 42.6 Å². The number of aromatic nitrogens is 1. The van der Waals surface area contributed by atoms with Crippen LogP contribution >= 0.6 is 0 Å². The number of carbonyl (C=O) groups excluding carboxylic acids is 1. The zero-order valence-corrected chi connectivity index (χ0v) is 14.4. The smallest absolute Gasteiger partial charge is 0.416 e. The number of hydrogen-bond donors (Lipinski definition) is 2. The molecule has 0 fully saturated rings. The fourth-order valence-corrected chi connectivity index (χ4v) is 2.39. The molecular weight excluding hydrogens is 373 g/mol. The van der Waals surface area contributed by atoms with E-state index in [2.05, 4.69) is 10.3 Å². The van der Waals surface area contributed by atoms with Gasteiger partial charge in [0, 0.05) is 23.9 Å². The van der Waals surface area contributed by atoms with Gasteiger partial charge in [0.2, 0.25) is 5.88 Å². The van der Waals surface area contributed by atoms with Gasteiger partial charge in [0.15, 0.2) is 0 Å². The lowest BCUT2D eigenvalue weighted by atomic mass is 10.2. The first-order valence-electron chi connectivity index (χ1n) is 8.19. The molecule has 1 amide bonds. The summed E-state index contributed by atoms with van der Waals surface area (Å²) in [5, 5.41) is 11.9. The molecule has 144 valence electrons. The first kappa shape index (κ1) is 19.2. The van der Waals surface area contributed by atoms with Gasteiger partial charge in [-0.2, -0.15) is 13.2 Å². The van der Waals surface area contributed by atoms with Crippen molar-refractivity contribution >= 4 is 5.91 Å². The molecule has 0 aliphatic rings. The van der Waals surface area contributed by atoms with E-state index in [1.807, 2.05) is 0 Å². The first-order valence-corrected chi connectivity index (χ1v) is 8.19. The highest BCUT2D eigenvalue weighted by Crippen LogP contribution is 2.32. The molecule has 0 radical (unpaired) electrons. The number of nitrogens with one attached hydrogen (secondary N) is 1. The molecule has 1 aromatic heterocycles. The van der Waals surface area contributed by atoms with Crippen LogP contribution in [0.2, 0.25) is 0 Å². The van der Waals surface area contributed by atoms with Crippen molar-refractivity contribution in [3.63, 3.8) is 0 Å². The number of hydrogen-bond acceptors (Lipinski definition) is 4. The largest absolute Gasteiger partial charge is 0.508 e. The fraction of sp³-hybridized carbons (Fsp3) is 0.100. The van der Waals surface area contributed by atoms with E-state index in [-0.39, 0.29) is 29.8 Å². The van der Waals surface area contributed by atoms with Crippen molar-refractivity contribution in [3.8, 4) is 17.4 Å². The van der Waals surface area contributed by atoms with Crippen LogP contribution in [0.15, 0.2) is 66.9 Å². The number of rotatable bonds is 5. The predicted molar refractivity (Wildman–Crippen MR) is 95.0 cm³/mol. The van der Waals surface area contributed by atoms with Crippen LogP contribution in [0.1, 0.15) is 21.5 Å². The lowest BCUT2D eigenvalue weighted by Crippen LogP contribution is -2.23. The second-order valence-electron chi connectivity index (χ2n) is 5.82. The zero-order valence-electron chi connectivity index (χ0n) is 14.4. The van der Waals surface area contributed by atoms with Crippen LogP contribution in [0.25, 0.3) is 0 Å². The van der Waals surface area contributed by atoms with Crippen LogP contribution in [0.3, 0.4) is 0 Å². The van der Waals surface area contributed by atoms with Crippen molar-refractivity contribution in [2.75, 3.05) is 0 Å². The summed E-state index contributed by atoms with van der Waals surface area (Å²) in [5.74, 6) is -0.262. The molecule has 3 rings (SSSR count). The highest BCUT2D eigenvalue weighted by Gasteiger charge is 2.30. The zero-order chi connectivity index (χ0) is 20.1. The number of pyridine rings is 1. The second kappa shape index (κ2) is 7.99. The molecular formula is C20H15F3N2O3. The van der Waals surface area contributed by atoms with E-state index in [4.69, 9.17) is 4.74 Å². The van der Waals surface area contributed by atoms with E-state index < -0.39 is 11.7 Å². The summed E-state index contributed by atoms with van der Waals surface area (Å²) in [6.07, 6.45) is -3.04. The number of phenolic OH excluding ortho intramolecular Hbond substituents is 1. The Bertz CT molecular complexity index is 973. The second-order valence-corrected chi connectivity index (χ2v) is 5.82. The van der Waals surface area contributed by atoms with Crippen LogP contribution in [0.5, 0.6) is 17.4 Å². The van der Waals surface area contributed by atoms with Gasteiger partial charge in [0.1, 0.15) is 11.5 Å². The van der Waals surface area contributed by atoms with E-state index in [0.29, 0.717) is 11.1 Å². The molecule has 0 saturated heterocycles. The average Bonchev–Trinajstić information content (AvgIpc) is 2.67. The van der Waals surface area contributed by atoms with Crippen molar-refractivity contribution in [1.29, 1.82) is 0 Å². The van der Waals surface area contributed by atoms with Gasteiger partial charge in [0.05, 0.1) is 5.56 Å². The number of phenols is 1. The average molecular weight is 388 g/mol. The molecule has 1 heterocycles. The quantitative estimate of drug-likeness (QED) is 0.674. The molecule has 0 spiro atoms. The summed E-state index contributed by atoms with van der Waals surface area (Å²) in [6.45, 7) is 0.0574. The molecule has 0 bridgehead atoms. The van der Waals surface area contributed by atoms with E-state index >= 15 is 0 Å². The van der Waals surface area contributed by atoms with Crippen LogP contribution in [0.4, 0.5) is 13.2 Å². The lowest BCUT2D eigenvalue weighted by Gasteiger charge is -2.12. The van der Waals surface area contributed by atoms with Gasteiger partial charge in [-0.05, 0) is 48.5 Å². The van der Waals surface area contributed by atoms with Crippen molar-refractivity contribution in [3.05, 3.63) is 83.6 Å². The Morgan fingerprint density at radius 1 is 1.07 bits per heavy atom. The van der Waals surface area contributed by atoms with Gasteiger partial charge < -0.3 is 15.2 Å². The highest BCUT2D eigenvalue weighted by molar-refractivity contribution is 5.94. The lowest BCUT2D eigenvalue weighted by molar-refractivity contribution is -0.137. The van der Waals surface area contributed by atoms with Crippen LogP contribution in [-0.4, -0.2) is 16.0 Å². The minimum absolute atomic E-state index is 0.0142. The van der Waals surface area contributed by atoms with Gasteiger partial charge in [0.25, 0.3) is 5.91 Å². The number of aromatic hydroxyl groups is 1. The topological polar surface area (TPSA) is 71.5 Å². The fourth-order valence-electron chi connectivity index (χ4n) is 2.39. The van der Waals surface area contributed by atoms with E-state index in [0.717, 1.165) is 12.1 Å². The summed E-state index contributed by atoms with van der Waals surface area (Å²) in [6, 6.07) is 13.5. The monoisotopic (exact) mass is 388 g/mol. The maximum atomic E-state index is 12.8. The molecule has 5 nitrogen and oxygen atoms in total.